The van der Waals surface area contributed by atoms with Gasteiger partial charge in [-0.15, -0.1) is 11.3 Å². The third-order valence-electron chi connectivity index (χ3n) is 2.26. The molecule has 0 N–H and O–H groups in total. The van der Waals surface area contributed by atoms with Crippen molar-refractivity contribution in [2.75, 3.05) is 6.26 Å². The second-order valence-corrected chi connectivity index (χ2v) is 5.73. The van der Waals surface area contributed by atoms with Gasteiger partial charge in [0.05, 0.1) is 5.52 Å². The van der Waals surface area contributed by atoms with Crippen LogP contribution < -0.4 is 5.56 Å². The third-order valence-corrected chi connectivity index (χ3v) is 3.83. The Morgan fingerprint density at radius 3 is 2.94 bits per heavy atom. The molecule has 0 aromatic carbocycles. The van der Waals surface area contributed by atoms with Gasteiger partial charge < -0.3 is 0 Å². The summed E-state index contributed by atoms with van der Waals surface area (Å²) in [5.74, 6) is 0.447. The van der Waals surface area contributed by atoms with Gasteiger partial charge in [0.25, 0.3) is 5.56 Å². The van der Waals surface area contributed by atoms with E-state index in [1.165, 1.54) is 23.1 Å². The molecule has 0 saturated carbocycles. The van der Waals surface area contributed by atoms with E-state index in [4.69, 9.17) is 0 Å². The van der Waals surface area contributed by atoms with Gasteiger partial charge >= 0.3 is 0 Å². The molecule has 0 saturated heterocycles. The normalized spacial score (nSPS) is 11.5. The predicted octanol–water partition coefficient (Wildman–Crippen LogP) is 2.84. The van der Waals surface area contributed by atoms with Crippen LogP contribution in [0.5, 0.6) is 0 Å². The Morgan fingerprint density at radius 1 is 1.56 bits per heavy atom. The number of hydrogen-bond donors (Lipinski definition) is 0. The predicted molar refractivity (Wildman–Crippen MR) is 70.5 cm³/mol. The van der Waals surface area contributed by atoms with Gasteiger partial charge in [0, 0.05) is 6.54 Å². The molecule has 2 aromatic rings. The first-order valence-corrected chi connectivity index (χ1v) is 7.26. The molecule has 0 atom stereocenters. The lowest BCUT2D eigenvalue weighted by molar-refractivity contribution is 0.476. The summed E-state index contributed by atoms with van der Waals surface area (Å²) in [4.78, 5) is 16.7. The minimum atomic E-state index is 0.0954. The second kappa shape index (κ2) is 4.59. The fourth-order valence-corrected chi connectivity index (χ4v) is 2.95. The highest BCUT2D eigenvalue weighted by molar-refractivity contribution is 7.98. The van der Waals surface area contributed by atoms with Gasteiger partial charge in [0.1, 0.15) is 4.70 Å². The van der Waals surface area contributed by atoms with Crippen molar-refractivity contribution in [1.29, 1.82) is 0 Å². The molecule has 0 fully saturated rings. The van der Waals surface area contributed by atoms with Crippen LogP contribution in [0.15, 0.2) is 21.4 Å². The summed E-state index contributed by atoms with van der Waals surface area (Å²) in [5.41, 5.74) is 0.914. The Bertz CT molecular complexity index is 557. The molecule has 3 nitrogen and oxygen atoms in total. The Balaban J connectivity index is 2.68. The molecule has 16 heavy (non-hydrogen) atoms. The molecular weight excluding hydrogens is 240 g/mol. The van der Waals surface area contributed by atoms with E-state index in [9.17, 15) is 4.79 Å². The lowest BCUT2D eigenvalue weighted by Crippen LogP contribution is -2.24. The van der Waals surface area contributed by atoms with Crippen LogP contribution in [-0.2, 0) is 6.54 Å². The molecule has 0 aliphatic rings. The van der Waals surface area contributed by atoms with Crippen molar-refractivity contribution >= 4 is 33.3 Å². The molecule has 2 aromatic heterocycles. The smallest absolute Gasteiger partial charge is 0.272 e. The first kappa shape index (κ1) is 11.7. The fourth-order valence-electron chi connectivity index (χ4n) is 1.61. The van der Waals surface area contributed by atoms with Crippen LogP contribution in [0.25, 0.3) is 10.2 Å². The van der Waals surface area contributed by atoms with Crippen LogP contribution in [0.3, 0.4) is 0 Å². The Hall–Kier alpha value is -0.810. The van der Waals surface area contributed by atoms with Gasteiger partial charge in [-0.3, -0.25) is 9.36 Å². The largest absolute Gasteiger partial charge is 0.286 e. The van der Waals surface area contributed by atoms with Gasteiger partial charge in [0.2, 0.25) is 0 Å². The van der Waals surface area contributed by atoms with E-state index in [1.807, 2.05) is 17.7 Å². The van der Waals surface area contributed by atoms with Crippen LogP contribution >= 0.6 is 23.1 Å². The summed E-state index contributed by atoms with van der Waals surface area (Å²) in [7, 11) is 0. The summed E-state index contributed by atoms with van der Waals surface area (Å²) in [6.07, 6.45) is 1.96. The minimum absolute atomic E-state index is 0.0954. The van der Waals surface area contributed by atoms with Crippen molar-refractivity contribution < 1.29 is 0 Å². The van der Waals surface area contributed by atoms with Crippen LogP contribution in [0.2, 0.25) is 0 Å². The molecule has 2 rings (SSSR count). The van der Waals surface area contributed by atoms with Gasteiger partial charge in [-0.2, -0.15) is 0 Å². The van der Waals surface area contributed by atoms with E-state index in [-0.39, 0.29) is 5.56 Å². The number of aromatic nitrogens is 2. The van der Waals surface area contributed by atoms with E-state index in [0.29, 0.717) is 5.92 Å². The van der Waals surface area contributed by atoms with Crippen molar-refractivity contribution in [3.8, 4) is 0 Å². The first-order chi connectivity index (χ1) is 7.63. The SMILES string of the molecule is CSc1nc2ccsc2c(=O)n1CC(C)C. The van der Waals surface area contributed by atoms with Gasteiger partial charge in [-0.25, -0.2) is 4.98 Å². The van der Waals surface area contributed by atoms with Crippen LogP contribution in [0.4, 0.5) is 0 Å². The average Bonchev–Trinajstić information content (AvgIpc) is 2.69. The molecule has 5 heteroatoms. The number of fused-ring (bicyclic) bond motifs is 1. The van der Waals surface area contributed by atoms with E-state index >= 15 is 0 Å². The summed E-state index contributed by atoms with van der Waals surface area (Å²) in [5, 5.41) is 2.73. The van der Waals surface area contributed by atoms with Gasteiger partial charge in [-0.05, 0) is 23.6 Å². The molecule has 0 spiro atoms. The summed E-state index contributed by atoms with van der Waals surface area (Å²) < 4.78 is 2.55. The standard InChI is InChI=1S/C11H14N2OS2/c1-7(2)6-13-10(14)9-8(4-5-16-9)12-11(13)15-3/h4-5,7H,6H2,1-3H3. The molecule has 0 bridgehead atoms. The van der Waals surface area contributed by atoms with Gasteiger partial charge in [0.15, 0.2) is 5.16 Å². The Labute approximate surface area is 103 Å². The minimum Gasteiger partial charge on any atom is -0.286 e. The van der Waals surface area contributed by atoms with E-state index in [2.05, 4.69) is 18.8 Å². The van der Waals surface area contributed by atoms with Gasteiger partial charge in [-0.1, -0.05) is 25.6 Å². The quantitative estimate of drug-likeness (QED) is 0.624. The molecular formula is C11H14N2OS2. The second-order valence-electron chi connectivity index (χ2n) is 4.04. The molecule has 0 unspecified atom stereocenters. The third kappa shape index (κ3) is 2.01. The van der Waals surface area contributed by atoms with Crippen molar-refractivity contribution in [2.24, 2.45) is 5.92 Å². The monoisotopic (exact) mass is 254 g/mol. The van der Waals surface area contributed by atoms with E-state index < -0.39 is 0 Å². The first-order valence-electron chi connectivity index (χ1n) is 5.15. The zero-order valence-electron chi connectivity index (χ0n) is 9.56. The van der Waals surface area contributed by atoms with E-state index in [0.717, 1.165) is 21.9 Å². The maximum Gasteiger partial charge on any atom is 0.272 e. The fraction of sp³-hybridized carbons (Fsp3) is 0.455. The van der Waals surface area contributed by atoms with Crippen LogP contribution in [0, 0.1) is 5.92 Å². The Morgan fingerprint density at radius 2 is 2.31 bits per heavy atom. The molecule has 0 amide bonds. The zero-order chi connectivity index (χ0) is 11.7. The lowest BCUT2D eigenvalue weighted by Gasteiger charge is -2.12. The maximum atomic E-state index is 12.2. The van der Waals surface area contributed by atoms with Crippen LogP contribution in [-0.4, -0.2) is 15.8 Å². The zero-order valence-corrected chi connectivity index (χ0v) is 11.2. The topological polar surface area (TPSA) is 34.9 Å². The lowest BCUT2D eigenvalue weighted by atomic mass is 10.2. The maximum absolute atomic E-state index is 12.2. The number of rotatable bonds is 3. The summed E-state index contributed by atoms with van der Waals surface area (Å²) in [6, 6.07) is 1.90. The van der Waals surface area contributed by atoms with Crippen LogP contribution in [0.1, 0.15) is 13.8 Å². The molecule has 86 valence electrons. The summed E-state index contributed by atoms with van der Waals surface area (Å²) >= 11 is 3.00. The Kier molecular flexibility index (Phi) is 3.35. The number of thioether (sulfide) groups is 1. The highest BCUT2D eigenvalue weighted by atomic mass is 32.2. The highest BCUT2D eigenvalue weighted by Crippen LogP contribution is 2.19. The highest BCUT2D eigenvalue weighted by Gasteiger charge is 2.11. The summed E-state index contributed by atoms with van der Waals surface area (Å²) in [6.45, 7) is 4.94. The molecule has 0 aliphatic carbocycles. The number of thiophene rings is 1. The van der Waals surface area contributed by atoms with Crippen molar-refractivity contribution in [3.63, 3.8) is 0 Å². The number of hydrogen-bond acceptors (Lipinski definition) is 4. The molecule has 0 aliphatic heterocycles. The average molecular weight is 254 g/mol. The molecule has 2 heterocycles. The number of nitrogens with zero attached hydrogens (tertiary/aromatic N) is 2. The van der Waals surface area contributed by atoms with Crippen molar-refractivity contribution in [1.82, 2.24) is 9.55 Å². The van der Waals surface area contributed by atoms with Crippen molar-refractivity contribution in [2.45, 2.75) is 25.5 Å². The van der Waals surface area contributed by atoms with E-state index in [1.54, 1.807) is 4.57 Å². The molecule has 0 radical (unpaired) electrons. The van der Waals surface area contributed by atoms with Crippen molar-refractivity contribution in [3.05, 3.63) is 21.8 Å².